The zero-order chi connectivity index (χ0) is 27.7. The molecule has 0 atom stereocenters. The van der Waals surface area contributed by atoms with E-state index in [0.717, 1.165) is 20.9 Å². The van der Waals surface area contributed by atoms with Crippen LogP contribution < -0.4 is 9.47 Å². The van der Waals surface area contributed by atoms with Gasteiger partial charge in [-0.3, -0.25) is 4.79 Å². The molecule has 198 valence electrons. The lowest BCUT2D eigenvalue weighted by Crippen LogP contribution is -2.14. The lowest BCUT2D eigenvalue weighted by atomic mass is 10.1. The maximum Gasteiger partial charge on any atom is 0.344 e. The van der Waals surface area contributed by atoms with Crippen LogP contribution in [0.2, 0.25) is 0 Å². The molecule has 1 aliphatic heterocycles. The molecule has 0 unspecified atom stereocenters. The number of aliphatic imine (C=N–C) groups is 1. The Kier molecular flexibility index (Phi) is 10.8. The molecule has 10 heteroatoms. The standard InChI is InChI=1S/C28H27IN2O6S/c1-4-9-23(32)31-27-24(28(34)36-6-3)25(33)22(38-27)14-17-12-20(29)26(21(13-17)35-5-2)37-16-19-11-8-7-10-18(19)15-30/h7-8,10-14,33H,4-6,9,16H2,1-3H3/b22-14-,31-27?. The van der Waals surface area contributed by atoms with E-state index in [0.29, 0.717) is 40.6 Å². The molecule has 0 bridgehead atoms. The number of hydrogen-bond donors (Lipinski definition) is 1. The molecule has 0 aromatic heterocycles. The lowest BCUT2D eigenvalue weighted by molar-refractivity contribution is -0.138. The third-order valence-electron chi connectivity index (χ3n) is 5.20. The molecular formula is C28H27IN2O6S. The number of carbonyl (C=O) groups excluding carboxylic acids is 2. The second-order valence-electron chi connectivity index (χ2n) is 7.94. The highest BCUT2D eigenvalue weighted by molar-refractivity contribution is 14.1. The second-order valence-corrected chi connectivity index (χ2v) is 10.1. The number of halogens is 1. The number of rotatable bonds is 10. The lowest BCUT2D eigenvalue weighted by Gasteiger charge is -2.15. The Labute approximate surface area is 239 Å². The summed E-state index contributed by atoms with van der Waals surface area (Å²) in [5, 5.41) is 20.4. The van der Waals surface area contributed by atoms with Gasteiger partial charge in [0, 0.05) is 12.0 Å². The van der Waals surface area contributed by atoms with Gasteiger partial charge in [0.25, 0.3) is 0 Å². The number of amides is 1. The number of aliphatic hydroxyl groups excluding tert-OH is 1. The van der Waals surface area contributed by atoms with Gasteiger partial charge in [0.05, 0.1) is 33.3 Å². The van der Waals surface area contributed by atoms with Crippen molar-refractivity contribution in [3.8, 4) is 17.6 Å². The van der Waals surface area contributed by atoms with Crippen LogP contribution in [0, 0.1) is 14.9 Å². The Morgan fingerprint density at radius 1 is 1.16 bits per heavy atom. The molecule has 0 saturated heterocycles. The van der Waals surface area contributed by atoms with E-state index in [9.17, 15) is 20.0 Å². The maximum absolute atomic E-state index is 12.5. The van der Waals surface area contributed by atoms with Crippen LogP contribution in [-0.4, -0.2) is 35.2 Å². The minimum atomic E-state index is -0.741. The first kappa shape index (κ1) is 29.3. The SMILES string of the molecule is CCCC(=O)N=C1S/C(=C\c2cc(I)c(OCc3ccccc3C#N)c(OCC)c2)C(O)=C1C(=O)OCC. The molecule has 1 aliphatic rings. The van der Waals surface area contributed by atoms with E-state index in [1.54, 1.807) is 31.2 Å². The van der Waals surface area contributed by atoms with Gasteiger partial charge >= 0.3 is 5.97 Å². The van der Waals surface area contributed by atoms with Crippen LogP contribution in [0.3, 0.4) is 0 Å². The van der Waals surface area contributed by atoms with Crippen molar-refractivity contribution in [2.45, 2.75) is 40.2 Å². The first-order chi connectivity index (χ1) is 18.3. The summed E-state index contributed by atoms with van der Waals surface area (Å²) in [6.45, 7) is 6.07. The monoisotopic (exact) mass is 646 g/mol. The van der Waals surface area contributed by atoms with Crippen molar-refractivity contribution in [2.24, 2.45) is 4.99 Å². The quantitative estimate of drug-likeness (QED) is 0.235. The maximum atomic E-state index is 12.5. The summed E-state index contributed by atoms with van der Waals surface area (Å²) in [6, 6.07) is 13.0. The number of nitrogens with zero attached hydrogens (tertiary/aromatic N) is 2. The third kappa shape index (κ3) is 7.17. The molecule has 1 N–H and O–H groups in total. The summed E-state index contributed by atoms with van der Waals surface area (Å²) in [5.41, 5.74) is 1.85. The summed E-state index contributed by atoms with van der Waals surface area (Å²) in [7, 11) is 0. The summed E-state index contributed by atoms with van der Waals surface area (Å²) < 4.78 is 17.7. The van der Waals surface area contributed by atoms with Gasteiger partial charge in [-0.1, -0.05) is 36.9 Å². The van der Waals surface area contributed by atoms with E-state index in [1.807, 2.05) is 32.0 Å². The number of esters is 1. The molecule has 0 spiro atoms. The average molecular weight is 647 g/mol. The Balaban J connectivity index is 1.97. The van der Waals surface area contributed by atoms with Crippen molar-refractivity contribution in [3.05, 3.63) is 72.9 Å². The minimum Gasteiger partial charge on any atom is -0.506 e. The fourth-order valence-corrected chi connectivity index (χ4v) is 5.32. The van der Waals surface area contributed by atoms with Gasteiger partial charge in [-0.05, 0) is 72.7 Å². The van der Waals surface area contributed by atoms with Crippen molar-refractivity contribution >= 4 is 57.3 Å². The van der Waals surface area contributed by atoms with E-state index in [1.165, 1.54) is 0 Å². The van der Waals surface area contributed by atoms with Crippen LogP contribution in [0.5, 0.6) is 11.5 Å². The van der Waals surface area contributed by atoms with Crippen LogP contribution in [0.15, 0.2) is 57.6 Å². The van der Waals surface area contributed by atoms with Gasteiger partial charge in [0.15, 0.2) is 11.5 Å². The first-order valence-electron chi connectivity index (χ1n) is 12.0. The van der Waals surface area contributed by atoms with E-state index >= 15 is 0 Å². The Hall–Kier alpha value is -3.30. The predicted octanol–water partition coefficient (Wildman–Crippen LogP) is 6.33. The van der Waals surface area contributed by atoms with E-state index in [2.05, 4.69) is 33.7 Å². The largest absolute Gasteiger partial charge is 0.506 e. The fourth-order valence-electron chi connectivity index (χ4n) is 3.51. The van der Waals surface area contributed by atoms with Crippen LogP contribution >= 0.6 is 34.4 Å². The number of nitriles is 1. The normalized spacial score (nSPS) is 15.0. The smallest absolute Gasteiger partial charge is 0.344 e. The fraction of sp³-hybridized carbons (Fsp3) is 0.286. The van der Waals surface area contributed by atoms with Crippen molar-refractivity contribution in [1.29, 1.82) is 5.26 Å². The van der Waals surface area contributed by atoms with Gasteiger partial charge in [-0.25, -0.2) is 9.79 Å². The van der Waals surface area contributed by atoms with E-state index in [4.69, 9.17) is 14.2 Å². The summed E-state index contributed by atoms with van der Waals surface area (Å²) >= 11 is 3.17. The number of carbonyl (C=O) groups is 2. The number of benzene rings is 2. The van der Waals surface area contributed by atoms with Gasteiger partial charge in [0.2, 0.25) is 5.91 Å². The summed E-state index contributed by atoms with van der Waals surface area (Å²) in [5.74, 6) is -0.392. The second kappa shape index (κ2) is 14.0. The van der Waals surface area contributed by atoms with Crippen molar-refractivity contribution in [1.82, 2.24) is 0 Å². The van der Waals surface area contributed by atoms with Crippen molar-refractivity contribution in [3.63, 3.8) is 0 Å². The van der Waals surface area contributed by atoms with Gasteiger partial charge in [0.1, 0.15) is 23.0 Å². The highest BCUT2D eigenvalue weighted by Crippen LogP contribution is 2.41. The van der Waals surface area contributed by atoms with Crippen molar-refractivity contribution < 1.29 is 28.9 Å². The van der Waals surface area contributed by atoms with Crippen LogP contribution in [0.4, 0.5) is 0 Å². The molecule has 3 rings (SSSR count). The molecule has 0 radical (unpaired) electrons. The molecule has 1 heterocycles. The van der Waals surface area contributed by atoms with Gasteiger partial charge in [-0.2, -0.15) is 5.26 Å². The minimum absolute atomic E-state index is 0.112. The number of thioether (sulfide) groups is 1. The topological polar surface area (TPSA) is 118 Å². The van der Waals surface area contributed by atoms with Crippen LogP contribution in [0.1, 0.15) is 50.3 Å². The van der Waals surface area contributed by atoms with Crippen LogP contribution in [0.25, 0.3) is 6.08 Å². The van der Waals surface area contributed by atoms with E-state index < -0.39 is 5.97 Å². The molecule has 1 amide bonds. The molecule has 0 saturated carbocycles. The molecule has 2 aromatic carbocycles. The summed E-state index contributed by atoms with van der Waals surface area (Å²) in [6.07, 6.45) is 2.53. The highest BCUT2D eigenvalue weighted by Gasteiger charge is 2.33. The Morgan fingerprint density at radius 2 is 1.92 bits per heavy atom. The predicted molar refractivity (Wildman–Crippen MR) is 155 cm³/mol. The molecule has 2 aromatic rings. The molecule has 8 nitrogen and oxygen atoms in total. The highest BCUT2D eigenvalue weighted by atomic mass is 127. The number of ether oxygens (including phenoxy) is 3. The summed E-state index contributed by atoms with van der Waals surface area (Å²) in [4.78, 5) is 29.1. The number of hydrogen-bond acceptors (Lipinski definition) is 8. The Bertz CT molecular complexity index is 1360. The molecule has 38 heavy (non-hydrogen) atoms. The first-order valence-corrected chi connectivity index (χ1v) is 13.9. The Morgan fingerprint density at radius 3 is 2.61 bits per heavy atom. The zero-order valence-electron chi connectivity index (χ0n) is 21.2. The molecule has 0 fully saturated rings. The van der Waals surface area contributed by atoms with Gasteiger partial charge < -0.3 is 19.3 Å². The van der Waals surface area contributed by atoms with Gasteiger partial charge in [-0.15, -0.1) is 0 Å². The molecular weight excluding hydrogens is 619 g/mol. The van der Waals surface area contributed by atoms with Crippen molar-refractivity contribution in [2.75, 3.05) is 13.2 Å². The number of aliphatic hydroxyl groups is 1. The third-order valence-corrected chi connectivity index (χ3v) is 7.02. The van der Waals surface area contributed by atoms with Crippen LogP contribution in [-0.2, 0) is 20.9 Å². The zero-order valence-corrected chi connectivity index (χ0v) is 24.2. The van der Waals surface area contributed by atoms with E-state index in [-0.39, 0.29) is 41.9 Å². The average Bonchev–Trinajstić information content (AvgIpc) is 3.18. The molecule has 0 aliphatic carbocycles.